The van der Waals surface area contributed by atoms with Gasteiger partial charge in [0.05, 0.1) is 0 Å². The zero-order chi connectivity index (χ0) is 33.0. The lowest BCUT2D eigenvalue weighted by atomic mass is 9.98. The first-order valence-corrected chi connectivity index (χ1v) is 16.2. The number of hydrogen-bond donors (Lipinski definition) is 0. The summed E-state index contributed by atoms with van der Waals surface area (Å²) in [7, 11) is 0. The van der Waals surface area contributed by atoms with Crippen LogP contribution in [0.3, 0.4) is 0 Å². The molecule has 0 saturated carbocycles. The molecule has 2 aromatic heterocycles. The Morgan fingerprint density at radius 2 is 0.510 bits per heavy atom. The minimum Gasteiger partial charge on any atom is -0.208 e. The van der Waals surface area contributed by atoms with Crippen molar-refractivity contribution < 1.29 is 0 Å². The van der Waals surface area contributed by atoms with Crippen molar-refractivity contribution in [1.29, 1.82) is 0 Å². The third kappa shape index (κ3) is 6.59. The van der Waals surface area contributed by atoms with E-state index in [9.17, 15) is 0 Å². The normalized spacial score (nSPS) is 11.0. The van der Waals surface area contributed by atoms with Gasteiger partial charge in [-0.05, 0) is 41.5 Å². The third-order valence-corrected chi connectivity index (χ3v) is 8.28. The fraction of sp³-hybridized carbons (Fsp3) is 0. The third-order valence-electron chi connectivity index (χ3n) is 8.03. The number of aromatic nitrogens is 6. The number of nitrogens with zero attached hydrogens (tertiary/aromatic N) is 6. The standard InChI is InChI=1S/C42H27ClN6/c43-36-23-21-28(22-24-36)33-25-34(41-46-37(29-13-5-1-6-14-29)44-38(47-41)30-15-7-2-8-16-30)27-35(26-33)42-48-39(31-17-9-3-10-18-31)45-40(49-42)32-19-11-4-12-20-32/h1-27H. The lowest BCUT2D eigenvalue weighted by Crippen LogP contribution is -2.02. The second-order valence-electron chi connectivity index (χ2n) is 11.4. The summed E-state index contributed by atoms with van der Waals surface area (Å²) in [6.45, 7) is 0. The van der Waals surface area contributed by atoms with E-state index < -0.39 is 0 Å². The van der Waals surface area contributed by atoms with Crippen molar-refractivity contribution >= 4 is 11.6 Å². The number of rotatable bonds is 7. The average molecular weight is 651 g/mol. The lowest BCUT2D eigenvalue weighted by molar-refractivity contribution is 1.07. The van der Waals surface area contributed by atoms with Gasteiger partial charge in [0.25, 0.3) is 0 Å². The maximum atomic E-state index is 6.30. The first-order chi connectivity index (χ1) is 24.2. The quantitative estimate of drug-likeness (QED) is 0.171. The Kier molecular flexibility index (Phi) is 8.20. The number of benzene rings is 6. The van der Waals surface area contributed by atoms with Crippen molar-refractivity contribution in [2.45, 2.75) is 0 Å². The van der Waals surface area contributed by atoms with Crippen LogP contribution in [-0.4, -0.2) is 29.9 Å². The van der Waals surface area contributed by atoms with Crippen LogP contribution in [0.25, 0.3) is 79.5 Å². The molecule has 0 saturated heterocycles. The summed E-state index contributed by atoms with van der Waals surface area (Å²) in [5.41, 5.74) is 7.10. The maximum Gasteiger partial charge on any atom is 0.164 e. The van der Waals surface area contributed by atoms with Crippen molar-refractivity contribution in [1.82, 2.24) is 29.9 Å². The highest BCUT2D eigenvalue weighted by Crippen LogP contribution is 2.34. The highest BCUT2D eigenvalue weighted by Gasteiger charge is 2.17. The van der Waals surface area contributed by atoms with Gasteiger partial charge in [-0.3, -0.25) is 0 Å². The first-order valence-electron chi connectivity index (χ1n) is 15.8. The molecular weight excluding hydrogens is 624 g/mol. The Morgan fingerprint density at radius 1 is 0.245 bits per heavy atom. The second kappa shape index (κ2) is 13.4. The fourth-order valence-electron chi connectivity index (χ4n) is 5.57. The molecule has 0 spiro atoms. The molecular formula is C42H27ClN6. The first kappa shape index (κ1) is 30.0. The van der Waals surface area contributed by atoms with E-state index in [0.29, 0.717) is 40.0 Å². The van der Waals surface area contributed by atoms with Crippen molar-refractivity contribution in [2.24, 2.45) is 0 Å². The molecule has 6 nitrogen and oxygen atoms in total. The molecule has 0 radical (unpaired) electrons. The van der Waals surface area contributed by atoms with Gasteiger partial charge in [0, 0.05) is 38.4 Å². The van der Waals surface area contributed by atoms with E-state index in [0.717, 1.165) is 44.5 Å². The van der Waals surface area contributed by atoms with E-state index in [-0.39, 0.29) is 0 Å². The monoisotopic (exact) mass is 650 g/mol. The van der Waals surface area contributed by atoms with E-state index in [1.54, 1.807) is 0 Å². The van der Waals surface area contributed by atoms with E-state index in [1.165, 1.54) is 0 Å². The van der Waals surface area contributed by atoms with Gasteiger partial charge in [0.15, 0.2) is 34.9 Å². The van der Waals surface area contributed by atoms with Gasteiger partial charge in [-0.25, -0.2) is 29.9 Å². The molecule has 0 amide bonds. The van der Waals surface area contributed by atoms with Crippen LogP contribution >= 0.6 is 11.6 Å². The summed E-state index contributed by atoms with van der Waals surface area (Å²) in [5.74, 6) is 3.40. The largest absolute Gasteiger partial charge is 0.208 e. The van der Waals surface area contributed by atoms with Gasteiger partial charge < -0.3 is 0 Å². The van der Waals surface area contributed by atoms with Gasteiger partial charge in [-0.1, -0.05) is 145 Å². The summed E-state index contributed by atoms with van der Waals surface area (Å²) < 4.78 is 0. The number of halogens is 1. The van der Waals surface area contributed by atoms with Crippen molar-refractivity contribution in [3.8, 4) is 79.5 Å². The molecule has 2 heterocycles. The van der Waals surface area contributed by atoms with E-state index in [2.05, 4.69) is 12.1 Å². The second-order valence-corrected chi connectivity index (χ2v) is 11.8. The summed E-state index contributed by atoms with van der Waals surface area (Å²) in [6, 6.07) is 53.8. The predicted octanol–water partition coefficient (Wildman–Crippen LogP) is 10.4. The van der Waals surface area contributed by atoms with E-state index >= 15 is 0 Å². The molecule has 6 aromatic carbocycles. The molecule has 0 atom stereocenters. The average Bonchev–Trinajstić information content (AvgIpc) is 3.19. The maximum absolute atomic E-state index is 6.30. The van der Waals surface area contributed by atoms with Crippen LogP contribution in [0.2, 0.25) is 5.02 Å². The smallest absolute Gasteiger partial charge is 0.164 e. The Hall–Kier alpha value is -6.37. The lowest BCUT2D eigenvalue weighted by Gasteiger charge is -2.13. The minimum absolute atomic E-state index is 0.533. The van der Waals surface area contributed by atoms with Crippen LogP contribution < -0.4 is 0 Å². The highest BCUT2D eigenvalue weighted by atomic mass is 35.5. The summed E-state index contributed by atoms with van der Waals surface area (Å²) in [5, 5.41) is 0.662. The van der Waals surface area contributed by atoms with Crippen molar-refractivity contribution in [3.05, 3.63) is 169 Å². The zero-order valence-electron chi connectivity index (χ0n) is 26.1. The molecule has 0 aliphatic heterocycles. The molecule has 8 aromatic rings. The fourth-order valence-corrected chi connectivity index (χ4v) is 5.70. The minimum atomic E-state index is 0.533. The topological polar surface area (TPSA) is 77.3 Å². The molecule has 0 unspecified atom stereocenters. The van der Waals surface area contributed by atoms with Gasteiger partial charge in [0.1, 0.15) is 0 Å². The Balaban J connectivity index is 1.37. The Morgan fingerprint density at radius 3 is 0.816 bits per heavy atom. The number of hydrogen-bond acceptors (Lipinski definition) is 6. The zero-order valence-corrected chi connectivity index (χ0v) is 26.9. The van der Waals surface area contributed by atoms with Gasteiger partial charge >= 0.3 is 0 Å². The molecule has 49 heavy (non-hydrogen) atoms. The molecule has 0 fully saturated rings. The molecule has 0 bridgehead atoms. The molecule has 0 N–H and O–H groups in total. The van der Waals surface area contributed by atoms with Crippen LogP contribution in [-0.2, 0) is 0 Å². The SMILES string of the molecule is Clc1ccc(-c2cc(-c3nc(-c4ccccc4)nc(-c4ccccc4)n3)cc(-c3nc(-c4ccccc4)nc(-c4ccccc4)n3)c2)cc1. The van der Waals surface area contributed by atoms with Crippen LogP contribution in [0.1, 0.15) is 0 Å². The van der Waals surface area contributed by atoms with Gasteiger partial charge in [0.2, 0.25) is 0 Å². The molecule has 7 heteroatoms. The van der Waals surface area contributed by atoms with Crippen LogP contribution in [0.5, 0.6) is 0 Å². The molecule has 0 aliphatic rings. The van der Waals surface area contributed by atoms with Crippen LogP contribution in [0.4, 0.5) is 0 Å². The van der Waals surface area contributed by atoms with Gasteiger partial charge in [-0.15, -0.1) is 0 Å². The summed E-state index contributed by atoms with van der Waals surface area (Å²) in [6.07, 6.45) is 0. The Labute approximate surface area is 288 Å². The molecule has 232 valence electrons. The van der Waals surface area contributed by atoms with Gasteiger partial charge in [-0.2, -0.15) is 0 Å². The summed E-state index contributed by atoms with van der Waals surface area (Å²) >= 11 is 6.30. The van der Waals surface area contributed by atoms with Crippen molar-refractivity contribution in [3.63, 3.8) is 0 Å². The van der Waals surface area contributed by atoms with Crippen LogP contribution in [0.15, 0.2) is 164 Å². The van der Waals surface area contributed by atoms with Crippen LogP contribution in [0, 0.1) is 0 Å². The van der Waals surface area contributed by atoms with Crippen molar-refractivity contribution in [2.75, 3.05) is 0 Å². The van der Waals surface area contributed by atoms with E-state index in [4.69, 9.17) is 41.5 Å². The van der Waals surface area contributed by atoms with E-state index in [1.807, 2.05) is 152 Å². The highest BCUT2D eigenvalue weighted by molar-refractivity contribution is 6.30. The predicted molar refractivity (Wildman–Crippen MR) is 196 cm³/mol. The molecule has 8 rings (SSSR count). The molecule has 0 aliphatic carbocycles. The Bertz CT molecular complexity index is 2110. The summed E-state index contributed by atoms with van der Waals surface area (Å²) in [4.78, 5) is 29.8.